The molecule has 0 radical (unpaired) electrons. The first kappa shape index (κ1) is 17.0. The third-order valence-corrected chi connectivity index (χ3v) is 3.66. The standard InChI is InChI=1S/C14H18N4.2ClH/c15-10-5-7-11(8-6-10)18-14-12-3-1-2-4-13(12)16-9-17-14;;/h1-4,9-11H,5-8,15H2,(H,16,17,18);2*1H. The molecule has 110 valence electrons. The summed E-state index contributed by atoms with van der Waals surface area (Å²) in [7, 11) is 0. The van der Waals surface area contributed by atoms with Crippen molar-refractivity contribution < 1.29 is 0 Å². The largest absolute Gasteiger partial charge is 0.367 e. The van der Waals surface area contributed by atoms with Crippen LogP contribution >= 0.6 is 24.8 Å². The molecule has 0 amide bonds. The molecule has 4 nitrogen and oxygen atoms in total. The molecule has 3 N–H and O–H groups in total. The van der Waals surface area contributed by atoms with Gasteiger partial charge in [0, 0.05) is 17.5 Å². The Hall–Kier alpha value is -1.10. The number of rotatable bonds is 2. The fraction of sp³-hybridized carbons (Fsp3) is 0.429. The number of halogens is 2. The van der Waals surface area contributed by atoms with Crippen LogP contribution in [0.25, 0.3) is 10.9 Å². The predicted molar refractivity (Wildman–Crippen MR) is 87.9 cm³/mol. The Morgan fingerprint density at radius 1 is 1.00 bits per heavy atom. The molecular weight excluding hydrogens is 295 g/mol. The molecule has 6 heteroatoms. The van der Waals surface area contributed by atoms with Gasteiger partial charge in [-0.25, -0.2) is 9.97 Å². The third-order valence-electron chi connectivity index (χ3n) is 3.66. The fourth-order valence-corrected chi connectivity index (χ4v) is 2.58. The summed E-state index contributed by atoms with van der Waals surface area (Å²) in [6.45, 7) is 0. The van der Waals surface area contributed by atoms with Gasteiger partial charge in [-0.1, -0.05) is 12.1 Å². The van der Waals surface area contributed by atoms with E-state index in [1.807, 2.05) is 18.2 Å². The van der Waals surface area contributed by atoms with E-state index in [1.165, 1.54) is 0 Å². The molecule has 20 heavy (non-hydrogen) atoms. The van der Waals surface area contributed by atoms with Crippen LogP contribution in [0.5, 0.6) is 0 Å². The molecule has 1 fully saturated rings. The molecule has 1 aromatic heterocycles. The Labute approximate surface area is 131 Å². The van der Waals surface area contributed by atoms with E-state index >= 15 is 0 Å². The maximum absolute atomic E-state index is 5.93. The molecule has 1 aliphatic rings. The van der Waals surface area contributed by atoms with E-state index in [2.05, 4.69) is 21.4 Å². The van der Waals surface area contributed by atoms with Crippen molar-refractivity contribution in [2.24, 2.45) is 5.73 Å². The first-order valence-electron chi connectivity index (χ1n) is 6.55. The summed E-state index contributed by atoms with van der Waals surface area (Å²) in [5, 5.41) is 4.63. The molecule has 3 rings (SSSR count). The van der Waals surface area contributed by atoms with Crippen LogP contribution in [0.2, 0.25) is 0 Å². The number of nitrogens with two attached hydrogens (primary N) is 1. The number of anilines is 1. The second-order valence-electron chi connectivity index (χ2n) is 5.00. The van der Waals surface area contributed by atoms with Crippen LogP contribution in [0.4, 0.5) is 5.82 Å². The van der Waals surface area contributed by atoms with E-state index in [1.54, 1.807) is 6.33 Å². The van der Waals surface area contributed by atoms with Gasteiger partial charge in [0.05, 0.1) is 5.52 Å². The fourth-order valence-electron chi connectivity index (χ4n) is 2.58. The van der Waals surface area contributed by atoms with Gasteiger partial charge in [-0.05, 0) is 37.8 Å². The molecule has 0 aliphatic heterocycles. The lowest BCUT2D eigenvalue weighted by atomic mass is 9.92. The van der Waals surface area contributed by atoms with Crippen LogP contribution in [0.15, 0.2) is 30.6 Å². The minimum absolute atomic E-state index is 0. The number of para-hydroxylation sites is 1. The number of benzene rings is 1. The molecule has 0 spiro atoms. The van der Waals surface area contributed by atoms with Gasteiger partial charge in [-0.15, -0.1) is 24.8 Å². The molecular formula is C14H20Cl2N4. The minimum atomic E-state index is 0. The maximum atomic E-state index is 5.93. The maximum Gasteiger partial charge on any atom is 0.137 e. The third kappa shape index (κ3) is 3.72. The van der Waals surface area contributed by atoms with Crippen LogP contribution in [0.1, 0.15) is 25.7 Å². The molecule has 0 saturated heterocycles. The van der Waals surface area contributed by atoms with Crippen molar-refractivity contribution in [2.45, 2.75) is 37.8 Å². The quantitative estimate of drug-likeness (QED) is 0.893. The van der Waals surface area contributed by atoms with Crippen molar-refractivity contribution in [3.05, 3.63) is 30.6 Å². The summed E-state index contributed by atoms with van der Waals surface area (Å²) in [6.07, 6.45) is 6.07. The van der Waals surface area contributed by atoms with Gasteiger partial charge < -0.3 is 11.1 Å². The summed E-state index contributed by atoms with van der Waals surface area (Å²) < 4.78 is 0. The second-order valence-corrected chi connectivity index (χ2v) is 5.00. The van der Waals surface area contributed by atoms with Gasteiger partial charge in [0.25, 0.3) is 0 Å². The Bertz CT molecular complexity index is 536. The molecule has 1 saturated carbocycles. The van der Waals surface area contributed by atoms with Crippen molar-refractivity contribution in [3.8, 4) is 0 Å². The van der Waals surface area contributed by atoms with E-state index in [4.69, 9.17) is 5.73 Å². The second kappa shape index (κ2) is 7.62. The van der Waals surface area contributed by atoms with Gasteiger partial charge in [0.2, 0.25) is 0 Å². The van der Waals surface area contributed by atoms with Crippen LogP contribution < -0.4 is 11.1 Å². The lowest BCUT2D eigenvalue weighted by molar-refractivity contribution is 0.410. The molecule has 1 heterocycles. The molecule has 0 bridgehead atoms. The summed E-state index contributed by atoms with van der Waals surface area (Å²) >= 11 is 0. The topological polar surface area (TPSA) is 63.8 Å². The number of nitrogens with zero attached hydrogens (tertiary/aromatic N) is 2. The summed E-state index contributed by atoms with van der Waals surface area (Å²) in [6, 6.07) is 8.96. The molecule has 0 unspecified atom stereocenters. The Morgan fingerprint density at radius 3 is 2.45 bits per heavy atom. The van der Waals surface area contributed by atoms with Crippen molar-refractivity contribution in [3.63, 3.8) is 0 Å². The lowest BCUT2D eigenvalue weighted by Crippen LogP contribution is -2.33. The number of aromatic nitrogens is 2. The molecule has 0 atom stereocenters. The summed E-state index contributed by atoms with van der Waals surface area (Å²) in [5.41, 5.74) is 6.92. The van der Waals surface area contributed by atoms with Crippen LogP contribution in [0.3, 0.4) is 0 Å². The zero-order valence-corrected chi connectivity index (χ0v) is 12.8. The number of fused-ring (bicyclic) bond motifs is 1. The molecule has 1 aliphatic carbocycles. The van der Waals surface area contributed by atoms with E-state index < -0.39 is 0 Å². The minimum Gasteiger partial charge on any atom is -0.367 e. The van der Waals surface area contributed by atoms with Crippen LogP contribution in [0, 0.1) is 0 Å². The molecule has 1 aromatic carbocycles. The Balaban J connectivity index is 0.000001000. The van der Waals surface area contributed by atoms with E-state index in [0.717, 1.165) is 42.4 Å². The average molecular weight is 315 g/mol. The van der Waals surface area contributed by atoms with Crippen LogP contribution in [-0.2, 0) is 0 Å². The summed E-state index contributed by atoms with van der Waals surface area (Å²) in [5.74, 6) is 0.945. The predicted octanol–water partition coefficient (Wildman–Crippen LogP) is 3.16. The smallest absolute Gasteiger partial charge is 0.137 e. The van der Waals surface area contributed by atoms with Crippen molar-refractivity contribution in [1.29, 1.82) is 0 Å². The summed E-state index contributed by atoms with van der Waals surface area (Å²) in [4.78, 5) is 8.64. The van der Waals surface area contributed by atoms with E-state index in [-0.39, 0.29) is 24.8 Å². The van der Waals surface area contributed by atoms with Gasteiger partial charge >= 0.3 is 0 Å². The van der Waals surface area contributed by atoms with Crippen LogP contribution in [-0.4, -0.2) is 22.1 Å². The van der Waals surface area contributed by atoms with Crippen molar-refractivity contribution in [2.75, 3.05) is 5.32 Å². The van der Waals surface area contributed by atoms with Gasteiger partial charge in [-0.3, -0.25) is 0 Å². The van der Waals surface area contributed by atoms with Gasteiger partial charge in [0.15, 0.2) is 0 Å². The van der Waals surface area contributed by atoms with Gasteiger partial charge in [-0.2, -0.15) is 0 Å². The zero-order valence-electron chi connectivity index (χ0n) is 11.2. The number of hydrogen-bond acceptors (Lipinski definition) is 4. The lowest BCUT2D eigenvalue weighted by Gasteiger charge is -2.27. The van der Waals surface area contributed by atoms with Gasteiger partial charge in [0.1, 0.15) is 12.1 Å². The zero-order chi connectivity index (χ0) is 12.4. The van der Waals surface area contributed by atoms with Crippen molar-refractivity contribution in [1.82, 2.24) is 9.97 Å². The monoisotopic (exact) mass is 314 g/mol. The van der Waals surface area contributed by atoms with E-state index in [9.17, 15) is 0 Å². The highest BCUT2D eigenvalue weighted by molar-refractivity contribution is 5.88. The first-order valence-corrected chi connectivity index (χ1v) is 6.55. The molecule has 2 aromatic rings. The normalized spacial score (nSPS) is 21.6. The highest BCUT2D eigenvalue weighted by Gasteiger charge is 2.19. The number of hydrogen-bond donors (Lipinski definition) is 2. The van der Waals surface area contributed by atoms with Crippen molar-refractivity contribution >= 4 is 41.5 Å². The SMILES string of the molecule is Cl.Cl.NC1CCC(Nc2ncnc3ccccc23)CC1. The highest BCUT2D eigenvalue weighted by atomic mass is 35.5. The first-order chi connectivity index (χ1) is 8.83. The highest BCUT2D eigenvalue weighted by Crippen LogP contribution is 2.24. The Morgan fingerprint density at radius 2 is 1.70 bits per heavy atom. The van der Waals surface area contributed by atoms with E-state index in [0.29, 0.717) is 12.1 Å². The average Bonchev–Trinajstić information content (AvgIpc) is 2.42. The number of nitrogens with one attached hydrogen (secondary N) is 1. The Kier molecular flexibility index (Phi) is 6.46.